The van der Waals surface area contributed by atoms with E-state index in [4.69, 9.17) is 5.41 Å². The number of carbonyl (C=O) groups is 1. The second-order valence-corrected chi connectivity index (χ2v) is 9.04. The predicted octanol–water partition coefficient (Wildman–Crippen LogP) is 4.57. The minimum Gasteiger partial charge on any atom is -0.351 e. The van der Waals surface area contributed by atoms with E-state index < -0.39 is 0 Å². The van der Waals surface area contributed by atoms with Gasteiger partial charge in [0.1, 0.15) is 12.0 Å². The lowest BCUT2D eigenvalue weighted by Gasteiger charge is -2.50. The average molecular weight is 423 g/mol. The Balaban J connectivity index is 1.66. The average Bonchev–Trinajstić information content (AvgIpc) is 2.76. The van der Waals surface area contributed by atoms with Crippen molar-refractivity contribution in [3.63, 3.8) is 0 Å². The highest BCUT2D eigenvalue weighted by Crippen LogP contribution is 2.27. The lowest BCUT2D eigenvalue weighted by Crippen LogP contribution is -2.69. The summed E-state index contributed by atoms with van der Waals surface area (Å²) in [5, 5.41) is 12.4. The molecule has 2 fully saturated rings. The molecule has 0 aromatic carbocycles. The third-order valence-corrected chi connectivity index (χ3v) is 6.35. The van der Waals surface area contributed by atoms with Crippen molar-refractivity contribution in [3.05, 3.63) is 60.3 Å². The Kier molecular flexibility index (Phi) is 8.47. The van der Waals surface area contributed by atoms with Crippen LogP contribution < -0.4 is 5.32 Å². The quantitative estimate of drug-likeness (QED) is 0.535. The zero-order valence-corrected chi connectivity index (χ0v) is 19.1. The topological polar surface area (TPSA) is 59.4 Å². The van der Waals surface area contributed by atoms with Gasteiger partial charge < -0.3 is 9.80 Å². The van der Waals surface area contributed by atoms with E-state index >= 15 is 0 Å². The van der Waals surface area contributed by atoms with Gasteiger partial charge in [-0.25, -0.2) is 0 Å². The van der Waals surface area contributed by atoms with Crippen molar-refractivity contribution < 1.29 is 4.79 Å². The first-order valence-corrected chi connectivity index (χ1v) is 11.8. The standard InChI is InChI=1S/C26H38N4O/c1-4-5-10-20(2)17-23-26(27)29(19-24-28-16-15-25(31)30(23)24)18-21(3)11-9-14-22-12-7-6-8-13-22/h6-9,11-12,14,20,23-24,27-28H,3-5,10,13,15-19H2,1-2H3/b11-9-,22-14-,27-26?/t20?,23-,24?/m0/s1. The molecule has 1 amide bonds. The van der Waals surface area contributed by atoms with Crippen LogP contribution in [0.25, 0.3) is 0 Å². The number of nitrogens with one attached hydrogen (secondary N) is 2. The number of fused-ring (bicyclic) bond motifs is 1. The first kappa shape index (κ1) is 23.3. The zero-order chi connectivity index (χ0) is 22.2. The van der Waals surface area contributed by atoms with E-state index in [9.17, 15) is 4.79 Å². The fourth-order valence-electron chi connectivity index (χ4n) is 4.63. The number of hydrogen-bond donors (Lipinski definition) is 2. The van der Waals surface area contributed by atoms with Gasteiger partial charge in [0.05, 0.1) is 12.6 Å². The fourth-order valence-corrected chi connectivity index (χ4v) is 4.63. The molecule has 2 aliphatic heterocycles. The number of amides is 1. The number of amidine groups is 1. The van der Waals surface area contributed by atoms with Crippen LogP contribution in [0.1, 0.15) is 52.4 Å². The molecule has 5 nitrogen and oxygen atoms in total. The first-order valence-electron chi connectivity index (χ1n) is 11.8. The summed E-state index contributed by atoms with van der Waals surface area (Å²) in [6.07, 6.45) is 20.4. The Morgan fingerprint density at radius 2 is 2.26 bits per heavy atom. The van der Waals surface area contributed by atoms with Crippen LogP contribution >= 0.6 is 0 Å². The second kappa shape index (κ2) is 11.3. The minimum atomic E-state index is -0.149. The van der Waals surface area contributed by atoms with E-state index in [-0.39, 0.29) is 18.1 Å². The van der Waals surface area contributed by atoms with Gasteiger partial charge >= 0.3 is 0 Å². The van der Waals surface area contributed by atoms with Crippen LogP contribution in [-0.2, 0) is 4.79 Å². The molecule has 0 radical (unpaired) electrons. The lowest BCUT2D eigenvalue weighted by atomic mass is 9.91. The van der Waals surface area contributed by atoms with E-state index in [1.165, 1.54) is 18.4 Å². The van der Waals surface area contributed by atoms with Gasteiger partial charge in [-0.2, -0.15) is 0 Å². The minimum absolute atomic E-state index is 0.0169. The maximum atomic E-state index is 12.7. The van der Waals surface area contributed by atoms with Gasteiger partial charge in [-0.15, -0.1) is 0 Å². The monoisotopic (exact) mass is 422 g/mol. The Morgan fingerprint density at radius 3 is 3.00 bits per heavy atom. The third-order valence-electron chi connectivity index (χ3n) is 6.35. The zero-order valence-electron chi connectivity index (χ0n) is 19.1. The van der Waals surface area contributed by atoms with Crippen LogP contribution in [0.5, 0.6) is 0 Å². The van der Waals surface area contributed by atoms with Crippen molar-refractivity contribution in [3.8, 4) is 0 Å². The van der Waals surface area contributed by atoms with Crippen molar-refractivity contribution >= 4 is 11.7 Å². The Hall–Kier alpha value is -2.40. The summed E-state index contributed by atoms with van der Waals surface area (Å²) in [6, 6.07) is -0.149. The van der Waals surface area contributed by atoms with E-state index in [0.29, 0.717) is 31.3 Å². The van der Waals surface area contributed by atoms with Crippen molar-refractivity contribution in [2.75, 3.05) is 19.6 Å². The van der Waals surface area contributed by atoms with Crippen molar-refractivity contribution in [2.24, 2.45) is 5.92 Å². The Bertz CT molecular complexity index is 791. The normalized spacial score (nSPS) is 26.1. The first-order chi connectivity index (χ1) is 15.0. The number of carbonyl (C=O) groups excluding carboxylic acids is 1. The summed E-state index contributed by atoms with van der Waals surface area (Å²) in [5.41, 5.74) is 2.25. The molecule has 2 heterocycles. The molecular weight excluding hydrogens is 384 g/mol. The highest BCUT2D eigenvalue weighted by atomic mass is 16.2. The van der Waals surface area contributed by atoms with Gasteiger partial charge in [-0.3, -0.25) is 15.5 Å². The molecule has 5 heteroatoms. The van der Waals surface area contributed by atoms with Crippen LogP contribution in [0, 0.1) is 11.3 Å². The van der Waals surface area contributed by atoms with Crippen LogP contribution in [0.2, 0.25) is 0 Å². The largest absolute Gasteiger partial charge is 0.351 e. The number of allylic oxidation sites excluding steroid dienone is 7. The summed E-state index contributed by atoms with van der Waals surface area (Å²) >= 11 is 0. The van der Waals surface area contributed by atoms with E-state index in [0.717, 1.165) is 31.4 Å². The Morgan fingerprint density at radius 1 is 1.42 bits per heavy atom. The summed E-state index contributed by atoms with van der Waals surface area (Å²) in [4.78, 5) is 16.8. The third kappa shape index (κ3) is 6.30. The molecule has 168 valence electrons. The number of nitrogens with zero attached hydrogens (tertiary/aromatic N) is 2. The molecule has 3 rings (SSSR count). The smallest absolute Gasteiger partial charge is 0.225 e. The van der Waals surface area contributed by atoms with Gasteiger partial charge in [0.2, 0.25) is 5.91 Å². The molecule has 0 saturated carbocycles. The molecule has 0 spiro atoms. The van der Waals surface area contributed by atoms with Crippen LogP contribution in [-0.4, -0.2) is 53.4 Å². The molecular formula is C26H38N4O. The number of hydrogen-bond acceptors (Lipinski definition) is 3. The molecule has 0 aromatic rings. The van der Waals surface area contributed by atoms with Crippen LogP contribution in [0.4, 0.5) is 0 Å². The van der Waals surface area contributed by atoms with Crippen molar-refractivity contribution in [1.29, 1.82) is 5.41 Å². The summed E-state index contributed by atoms with van der Waals surface area (Å²) in [7, 11) is 0. The molecule has 31 heavy (non-hydrogen) atoms. The highest BCUT2D eigenvalue weighted by molar-refractivity contribution is 5.91. The maximum absolute atomic E-state index is 12.7. The predicted molar refractivity (Wildman–Crippen MR) is 129 cm³/mol. The number of rotatable bonds is 9. The fraction of sp³-hybridized carbons (Fsp3) is 0.538. The summed E-state index contributed by atoms with van der Waals surface area (Å²) < 4.78 is 0. The number of piperazine rings is 1. The number of unbranched alkanes of at least 4 members (excludes halogenated alkanes) is 1. The summed E-state index contributed by atoms with van der Waals surface area (Å²) in [5.74, 6) is 1.23. The van der Waals surface area contributed by atoms with Gasteiger partial charge in [-0.05, 0) is 29.9 Å². The molecule has 3 atom stereocenters. The van der Waals surface area contributed by atoms with E-state index in [2.05, 4.69) is 61.0 Å². The van der Waals surface area contributed by atoms with Crippen LogP contribution in [0.3, 0.4) is 0 Å². The molecule has 1 aliphatic carbocycles. The van der Waals surface area contributed by atoms with Crippen molar-refractivity contribution in [2.45, 2.75) is 64.6 Å². The SMILES string of the molecule is C=C(/C=C\C=C1\C=CC=CC1)CN1CC2NCCC(=O)N2[C@@H](CC(C)CCCC)C1=N. The highest BCUT2D eigenvalue weighted by Gasteiger charge is 2.42. The van der Waals surface area contributed by atoms with E-state index in [1.54, 1.807) is 0 Å². The van der Waals surface area contributed by atoms with Gasteiger partial charge in [0.15, 0.2) is 0 Å². The molecule has 2 saturated heterocycles. The van der Waals surface area contributed by atoms with E-state index in [1.807, 2.05) is 17.1 Å². The maximum Gasteiger partial charge on any atom is 0.225 e. The Labute approximate surface area is 187 Å². The molecule has 3 aliphatic rings. The van der Waals surface area contributed by atoms with Gasteiger partial charge in [0.25, 0.3) is 0 Å². The summed E-state index contributed by atoms with van der Waals surface area (Å²) in [6.45, 7) is 10.7. The molecule has 2 unspecified atom stereocenters. The molecule has 0 bridgehead atoms. The van der Waals surface area contributed by atoms with Gasteiger partial charge in [-0.1, -0.05) is 82.2 Å². The lowest BCUT2D eigenvalue weighted by molar-refractivity contribution is -0.140. The second-order valence-electron chi connectivity index (χ2n) is 9.04. The van der Waals surface area contributed by atoms with Crippen molar-refractivity contribution in [1.82, 2.24) is 15.1 Å². The van der Waals surface area contributed by atoms with Crippen LogP contribution in [0.15, 0.2) is 60.3 Å². The molecule has 0 aromatic heterocycles. The van der Waals surface area contributed by atoms with Gasteiger partial charge in [0, 0.05) is 19.5 Å². The molecule has 2 N–H and O–H groups in total.